The molecule has 0 saturated heterocycles. The van der Waals surface area contributed by atoms with Gasteiger partial charge in [-0.25, -0.2) is 0 Å². The van der Waals surface area contributed by atoms with Gasteiger partial charge in [-0.3, -0.25) is 0 Å². The molecule has 1 aliphatic heterocycles. The average molecular weight is 191 g/mol. The van der Waals surface area contributed by atoms with Gasteiger partial charge >= 0.3 is 0 Å². The summed E-state index contributed by atoms with van der Waals surface area (Å²) in [6, 6.07) is 1.97. The molecule has 0 bridgehead atoms. The third-order valence-corrected chi connectivity index (χ3v) is 2.90. The number of nitrogens with two attached hydrogens (primary N) is 2. The third-order valence-electron chi connectivity index (χ3n) is 2.90. The Labute approximate surface area is 84.5 Å². The molecule has 5 N–H and O–H groups in total. The van der Waals surface area contributed by atoms with Crippen molar-refractivity contribution >= 4 is 17.1 Å². The largest absolute Gasteiger partial charge is 0.398 e. The second kappa shape index (κ2) is 3.08. The van der Waals surface area contributed by atoms with Crippen molar-refractivity contribution in [1.29, 1.82) is 0 Å². The monoisotopic (exact) mass is 191 g/mol. The normalized spacial score (nSPS) is 20.0. The Morgan fingerprint density at radius 3 is 2.86 bits per heavy atom. The van der Waals surface area contributed by atoms with Gasteiger partial charge in [-0.2, -0.15) is 0 Å². The lowest BCUT2D eigenvalue weighted by Crippen LogP contribution is -2.23. The van der Waals surface area contributed by atoms with E-state index in [0.29, 0.717) is 5.92 Å². The molecule has 0 radical (unpaired) electrons. The lowest BCUT2D eigenvalue weighted by Gasteiger charge is -2.26. The molecule has 14 heavy (non-hydrogen) atoms. The topological polar surface area (TPSA) is 64.1 Å². The van der Waals surface area contributed by atoms with Gasteiger partial charge in [0.15, 0.2) is 0 Å². The van der Waals surface area contributed by atoms with Crippen LogP contribution in [0.15, 0.2) is 6.07 Å². The minimum atomic E-state index is 0.631. The first-order chi connectivity index (χ1) is 6.59. The number of anilines is 3. The predicted octanol–water partition coefficient (Wildman–Crippen LogP) is 1.76. The standard InChI is InChI=1S/C11H17N3/c1-6-3-8-9(12)4-7(2)10(13)11(8)14-5-6/h4,6,14H,3,5,12-13H2,1-2H3. The fourth-order valence-corrected chi connectivity index (χ4v) is 2.02. The molecule has 0 saturated carbocycles. The van der Waals surface area contributed by atoms with Gasteiger partial charge in [0.2, 0.25) is 0 Å². The van der Waals surface area contributed by atoms with Crippen LogP contribution in [0.5, 0.6) is 0 Å². The molecule has 3 heteroatoms. The fourth-order valence-electron chi connectivity index (χ4n) is 2.02. The molecule has 0 amide bonds. The molecule has 0 aromatic heterocycles. The number of nitrogens with one attached hydrogen (secondary N) is 1. The Hall–Kier alpha value is -1.38. The predicted molar refractivity (Wildman–Crippen MR) is 61.4 cm³/mol. The van der Waals surface area contributed by atoms with Crippen LogP contribution in [0.4, 0.5) is 17.1 Å². The summed E-state index contributed by atoms with van der Waals surface area (Å²) in [6.07, 6.45) is 1.03. The highest BCUT2D eigenvalue weighted by atomic mass is 14.9. The van der Waals surface area contributed by atoms with E-state index in [1.807, 2.05) is 13.0 Å². The van der Waals surface area contributed by atoms with E-state index in [4.69, 9.17) is 11.5 Å². The van der Waals surface area contributed by atoms with Crippen LogP contribution in [0.25, 0.3) is 0 Å². The highest BCUT2D eigenvalue weighted by Crippen LogP contribution is 2.36. The van der Waals surface area contributed by atoms with Crippen LogP contribution in [-0.4, -0.2) is 6.54 Å². The van der Waals surface area contributed by atoms with E-state index in [0.717, 1.165) is 35.6 Å². The quantitative estimate of drug-likeness (QED) is 0.547. The van der Waals surface area contributed by atoms with Crippen LogP contribution in [-0.2, 0) is 6.42 Å². The highest BCUT2D eigenvalue weighted by Gasteiger charge is 2.19. The zero-order chi connectivity index (χ0) is 10.3. The lowest BCUT2D eigenvalue weighted by atomic mass is 9.92. The number of rotatable bonds is 0. The van der Waals surface area contributed by atoms with E-state index in [1.165, 1.54) is 5.56 Å². The zero-order valence-corrected chi connectivity index (χ0v) is 8.72. The maximum atomic E-state index is 6.00. The van der Waals surface area contributed by atoms with Gasteiger partial charge in [0, 0.05) is 17.8 Å². The molecular weight excluding hydrogens is 174 g/mol. The van der Waals surface area contributed by atoms with Crippen molar-refractivity contribution in [2.45, 2.75) is 20.3 Å². The molecule has 1 unspecified atom stereocenters. The number of aryl methyl sites for hydroxylation is 1. The molecule has 2 rings (SSSR count). The molecule has 1 aromatic rings. The zero-order valence-electron chi connectivity index (χ0n) is 8.72. The molecule has 0 aliphatic carbocycles. The molecule has 0 spiro atoms. The second-order valence-corrected chi connectivity index (χ2v) is 4.24. The maximum absolute atomic E-state index is 6.00. The van der Waals surface area contributed by atoms with Gasteiger partial charge in [-0.1, -0.05) is 6.92 Å². The Bertz CT molecular complexity index is 371. The summed E-state index contributed by atoms with van der Waals surface area (Å²) in [5, 5.41) is 3.36. The number of nitrogen functional groups attached to an aromatic ring is 2. The number of benzene rings is 1. The summed E-state index contributed by atoms with van der Waals surface area (Å²) in [7, 11) is 0. The Kier molecular flexibility index (Phi) is 2.02. The molecule has 1 aliphatic rings. The van der Waals surface area contributed by atoms with E-state index in [1.54, 1.807) is 0 Å². The Balaban J connectivity index is 2.57. The molecule has 1 aromatic carbocycles. The molecule has 3 nitrogen and oxygen atoms in total. The summed E-state index contributed by atoms with van der Waals surface area (Å²) >= 11 is 0. The van der Waals surface area contributed by atoms with E-state index < -0.39 is 0 Å². The summed E-state index contributed by atoms with van der Waals surface area (Å²) in [5.41, 5.74) is 17.0. The first-order valence-corrected chi connectivity index (χ1v) is 5.01. The van der Waals surface area contributed by atoms with Crippen molar-refractivity contribution < 1.29 is 0 Å². The molecule has 0 fully saturated rings. The van der Waals surface area contributed by atoms with Crippen LogP contribution in [0.1, 0.15) is 18.1 Å². The summed E-state index contributed by atoms with van der Waals surface area (Å²) < 4.78 is 0. The van der Waals surface area contributed by atoms with Crippen LogP contribution in [0.2, 0.25) is 0 Å². The van der Waals surface area contributed by atoms with Crippen molar-refractivity contribution in [3.63, 3.8) is 0 Å². The smallest absolute Gasteiger partial charge is 0.0630 e. The summed E-state index contributed by atoms with van der Waals surface area (Å²) in [5.74, 6) is 0.631. The number of hydrogen-bond donors (Lipinski definition) is 3. The lowest BCUT2D eigenvalue weighted by molar-refractivity contribution is 0.596. The second-order valence-electron chi connectivity index (χ2n) is 4.24. The van der Waals surface area contributed by atoms with Crippen LogP contribution < -0.4 is 16.8 Å². The SMILES string of the molecule is Cc1cc(N)c2c(c1N)NCC(C)C2. The van der Waals surface area contributed by atoms with Crippen molar-refractivity contribution in [2.75, 3.05) is 23.3 Å². The number of fused-ring (bicyclic) bond motifs is 1. The van der Waals surface area contributed by atoms with Crippen molar-refractivity contribution in [3.8, 4) is 0 Å². The molecule has 1 atom stereocenters. The third kappa shape index (κ3) is 1.29. The summed E-state index contributed by atoms with van der Waals surface area (Å²) in [4.78, 5) is 0. The first-order valence-electron chi connectivity index (χ1n) is 5.01. The van der Waals surface area contributed by atoms with Crippen molar-refractivity contribution in [2.24, 2.45) is 5.92 Å². The van der Waals surface area contributed by atoms with Gasteiger partial charge < -0.3 is 16.8 Å². The van der Waals surface area contributed by atoms with E-state index in [-0.39, 0.29) is 0 Å². The average Bonchev–Trinajstić information content (AvgIpc) is 2.14. The van der Waals surface area contributed by atoms with E-state index in [2.05, 4.69) is 12.2 Å². The van der Waals surface area contributed by atoms with E-state index >= 15 is 0 Å². The van der Waals surface area contributed by atoms with Crippen LogP contribution >= 0.6 is 0 Å². The van der Waals surface area contributed by atoms with Gasteiger partial charge in [0.1, 0.15) is 0 Å². The van der Waals surface area contributed by atoms with Gasteiger partial charge in [0.25, 0.3) is 0 Å². The van der Waals surface area contributed by atoms with Crippen LogP contribution in [0, 0.1) is 12.8 Å². The highest BCUT2D eigenvalue weighted by molar-refractivity contribution is 5.80. The molecular formula is C11H17N3. The van der Waals surface area contributed by atoms with Crippen molar-refractivity contribution in [3.05, 3.63) is 17.2 Å². The summed E-state index contributed by atoms with van der Waals surface area (Å²) in [6.45, 7) is 5.19. The minimum Gasteiger partial charge on any atom is -0.398 e. The fraction of sp³-hybridized carbons (Fsp3) is 0.455. The van der Waals surface area contributed by atoms with Gasteiger partial charge in [-0.05, 0) is 30.9 Å². The van der Waals surface area contributed by atoms with Gasteiger partial charge in [-0.15, -0.1) is 0 Å². The van der Waals surface area contributed by atoms with Gasteiger partial charge in [0.05, 0.1) is 11.4 Å². The molecule has 1 heterocycles. The Morgan fingerprint density at radius 2 is 2.14 bits per heavy atom. The van der Waals surface area contributed by atoms with Crippen LogP contribution in [0.3, 0.4) is 0 Å². The minimum absolute atomic E-state index is 0.631. The first kappa shape index (κ1) is 9.19. The molecule has 76 valence electrons. The maximum Gasteiger partial charge on any atom is 0.0630 e. The van der Waals surface area contributed by atoms with Crippen molar-refractivity contribution in [1.82, 2.24) is 0 Å². The number of hydrogen-bond acceptors (Lipinski definition) is 3. The van der Waals surface area contributed by atoms with E-state index in [9.17, 15) is 0 Å². The Morgan fingerprint density at radius 1 is 1.43 bits per heavy atom.